The van der Waals surface area contributed by atoms with Gasteiger partial charge in [0.1, 0.15) is 5.82 Å². The summed E-state index contributed by atoms with van der Waals surface area (Å²) < 4.78 is 0. The van der Waals surface area contributed by atoms with Crippen LogP contribution in [0.2, 0.25) is 0 Å². The Kier molecular flexibility index (Phi) is 8.76. The molecule has 0 saturated carbocycles. The summed E-state index contributed by atoms with van der Waals surface area (Å²) in [7, 11) is 0. The van der Waals surface area contributed by atoms with E-state index < -0.39 is 0 Å². The van der Waals surface area contributed by atoms with Crippen molar-refractivity contribution in [3.8, 4) is 0 Å². The van der Waals surface area contributed by atoms with Crippen LogP contribution in [0.5, 0.6) is 0 Å². The molecule has 3 aliphatic rings. The SMILES string of the molecule is CC.CC.Cc1ccc(N2CCC(CN3CC4(C3)CN(C(C)C)C4)CC2)nc1. The van der Waals surface area contributed by atoms with Gasteiger partial charge in [-0.1, -0.05) is 33.8 Å². The molecule has 3 fully saturated rings. The van der Waals surface area contributed by atoms with Gasteiger partial charge in [-0.05, 0) is 51.2 Å². The molecule has 4 heteroatoms. The Morgan fingerprint density at radius 2 is 1.61 bits per heavy atom. The van der Waals surface area contributed by atoms with Crippen molar-refractivity contribution < 1.29 is 0 Å². The molecule has 0 radical (unpaired) electrons. The van der Waals surface area contributed by atoms with E-state index in [0.29, 0.717) is 5.41 Å². The third kappa shape index (κ3) is 5.48. The number of rotatable bonds is 4. The highest BCUT2D eigenvalue weighted by Crippen LogP contribution is 2.41. The molecule has 0 atom stereocenters. The topological polar surface area (TPSA) is 22.6 Å². The minimum atomic E-state index is 0.663. The minimum absolute atomic E-state index is 0.663. The van der Waals surface area contributed by atoms with Crippen molar-refractivity contribution in [2.24, 2.45) is 11.3 Å². The van der Waals surface area contributed by atoms with Gasteiger partial charge in [0.05, 0.1) is 0 Å². The largest absolute Gasteiger partial charge is 0.357 e. The van der Waals surface area contributed by atoms with Crippen LogP contribution in [0.25, 0.3) is 0 Å². The summed E-state index contributed by atoms with van der Waals surface area (Å²) in [6.07, 6.45) is 4.62. The van der Waals surface area contributed by atoms with Crippen molar-refractivity contribution in [1.82, 2.24) is 14.8 Å². The fourth-order valence-electron chi connectivity index (χ4n) is 4.77. The molecule has 1 aromatic rings. The third-order valence-electron chi connectivity index (χ3n) is 6.28. The van der Waals surface area contributed by atoms with Crippen molar-refractivity contribution in [3.05, 3.63) is 23.9 Å². The molecule has 0 amide bonds. The van der Waals surface area contributed by atoms with Crippen molar-refractivity contribution in [2.75, 3.05) is 50.7 Å². The van der Waals surface area contributed by atoms with Crippen LogP contribution in [0.1, 0.15) is 59.9 Å². The Bertz CT molecular complexity index is 546. The maximum atomic E-state index is 4.59. The second-order valence-corrected chi connectivity index (χ2v) is 8.79. The second kappa shape index (κ2) is 10.6. The van der Waals surface area contributed by atoms with E-state index in [1.54, 1.807) is 0 Å². The Morgan fingerprint density at radius 1 is 1.00 bits per heavy atom. The summed E-state index contributed by atoms with van der Waals surface area (Å²) in [5, 5.41) is 0. The molecule has 4 rings (SSSR count). The minimum Gasteiger partial charge on any atom is -0.357 e. The average Bonchev–Trinajstić information content (AvgIpc) is 2.67. The Morgan fingerprint density at radius 3 is 2.11 bits per heavy atom. The van der Waals surface area contributed by atoms with Crippen molar-refractivity contribution >= 4 is 5.82 Å². The summed E-state index contributed by atoms with van der Waals surface area (Å²) in [6.45, 7) is 23.7. The van der Waals surface area contributed by atoms with E-state index in [2.05, 4.69) is 52.6 Å². The third-order valence-corrected chi connectivity index (χ3v) is 6.28. The van der Waals surface area contributed by atoms with Crippen LogP contribution in [0.3, 0.4) is 0 Å². The maximum Gasteiger partial charge on any atom is 0.128 e. The number of aromatic nitrogens is 1. The molecule has 4 nitrogen and oxygen atoms in total. The van der Waals surface area contributed by atoms with E-state index in [1.165, 1.54) is 64.2 Å². The molecule has 3 aliphatic heterocycles. The fourth-order valence-corrected chi connectivity index (χ4v) is 4.77. The molecule has 1 spiro atoms. The predicted octanol–water partition coefficient (Wildman–Crippen LogP) is 4.68. The number of likely N-dealkylation sites (tertiary alicyclic amines) is 2. The molecule has 28 heavy (non-hydrogen) atoms. The number of piperidine rings is 1. The van der Waals surface area contributed by atoms with Crippen molar-refractivity contribution in [2.45, 2.75) is 67.3 Å². The lowest BCUT2D eigenvalue weighted by Gasteiger charge is -2.62. The van der Waals surface area contributed by atoms with E-state index in [1.807, 2.05) is 33.9 Å². The summed E-state index contributed by atoms with van der Waals surface area (Å²) in [5.74, 6) is 2.04. The summed E-state index contributed by atoms with van der Waals surface area (Å²) in [5.41, 5.74) is 1.91. The number of anilines is 1. The summed E-state index contributed by atoms with van der Waals surface area (Å²) >= 11 is 0. The molecule has 0 bridgehead atoms. The smallest absolute Gasteiger partial charge is 0.128 e. The zero-order chi connectivity index (χ0) is 20.7. The summed E-state index contributed by atoms with van der Waals surface area (Å²) in [6, 6.07) is 5.07. The lowest BCUT2D eigenvalue weighted by Crippen LogP contribution is -2.73. The number of pyridine rings is 1. The molecule has 0 aromatic carbocycles. The highest BCUT2D eigenvalue weighted by Gasteiger charge is 2.52. The fraction of sp³-hybridized carbons (Fsp3) is 0.792. The summed E-state index contributed by atoms with van der Waals surface area (Å²) in [4.78, 5) is 12.4. The molecule has 0 aliphatic carbocycles. The van der Waals surface area contributed by atoms with E-state index >= 15 is 0 Å². The van der Waals surface area contributed by atoms with Gasteiger partial charge in [0.15, 0.2) is 0 Å². The number of hydrogen-bond acceptors (Lipinski definition) is 4. The van der Waals surface area contributed by atoms with Crippen LogP contribution >= 0.6 is 0 Å². The maximum absolute atomic E-state index is 4.59. The molecular weight excluding hydrogens is 344 g/mol. The van der Waals surface area contributed by atoms with Gasteiger partial charge in [-0.3, -0.25) is 4.90 Å². The first-order valence-electron chi connectivity index (χ1n) is 11.7. The number of nitrogens with zero attached hydrogens (tertiary/aromatic N) is 4. The Hall–Kier alpha value is -1.13. The molecule has 0 N–H and O–H groups in total. The zero-order valence-corrected chi connectivity index (χ0v) is 19.5. The Labute approximate surface area is 174 Å². The van der Waals surface area contributed by atoms with Gasteiger partial charge in [0.25, 0.3) is 0 Å². The van der Waals surface area contributed by atoms with Crippen LogP contribution in [0, 0.1) is 18.3 Å². The Balaban J connectivity index is 0.000000660. The van der Waals surface area contributed by atoms with E-state index in [-0.39, 0.29) is 0 Å². The predicted molar refractivity (Wildman–Crippen MR) is 122 cm³/mol. The highest BCUT2D eigenvalue weighted by atomic mass is 15.3. The monoisotopic (exact) mass is 388 g/mol. The van der Waals surface area contributed by atoms with Crippen LogP contribution < -0.4 is 4.90 Å². The molecule has 0 unspecified atom stereocenters. The van der Waals surface area contributed by atoms with Gasteiger partial charge in [0, 0.05) is 63.5 Å². The molecule has 4 heterocycles. The average molecular weight is 389 g/mol. The van der Waals surface area contributed by atoms with Crippen molar-refractivity contribution in [1.29, 1.82) is 0 Å². The van der Waals surface area contributed by atoms with E-state index in [9.17, 15) is 0 Å². The first-order valence-corrected chi connectivity index (χ1v) is 11.7. The van der Waals surface area contributed by atoms with Crippen LogP contribution in [0.15, 0.2) is 18.3 Å². The standard InChI is InChI=1S/C20H32N4.2C2H6/c1-16(2)24-14-20(15-24)12-22(13-20)11-18-6-8-23(9-7-18)19-5-4-17(3)10-21-19;2*1-2/h4-5,10,16,18H,6-9,11-15H2,1-3H3;2*1-2H3. The van der Waals surface area contributed by atoms with Crippen LogP contribution in [-0.4, -0.2) is 66.6 Å². The zero-order valence-electron chi connectivity index (χ0n) is 19.5. The quantitative estimate of drug-likeness (QED) is 0.746. The molecule has 1 aromatic heterocycles. The molecule has 160 valence electrons. The van der Waals surface area contributed by atoms with Crippen molar-refractivity contribution in [3.63, 3.8) is 0 Å². The van der Waals surface area contributed by atoms with Crippen LogP contribution in [-0.2, 0) is 0 Å². The van der Waals surface area contributed by atoms with Gasteiger partial charge in [0.2, 0.25) is 0 Å². The number of hydrogen-bond donors (Lipinski definition) is 0. The normalized spacial score (nSPS) is 21.9. The lowest BCUT2D eigenvalue weighted by atomic mass is 9.71. The highest BCUT2D eigenvalue weighted by molar-refractivity contribution is 5.39. The first-order chi connectivity index (χ1) is 13.5. The molecular formula is C24H44N4. The van der Waals surface area contributed by atoms with E-state index in [4.69, 9.17) is 0 Å². The van der Waals surface area contributed by atoms with Crippen LogP contribution in [0.4, 0.5) is 5.82 Å². The van der Waals surface area contributed by atoms with Gasteiger partial charge in [-0.2, -0.15) is 0 Å². The second-order valence-electron chi connectivity index (χ2n) is 8.79. The van der Waals surface area contributed by atoms with Gasteiger partial charge < -0.3 is 9.80 Å². The first kappa shape index (κ1) is 23.2. The number of aryl methyl sites for hydroxylation is 1. The van der Waals surface area contributed by atoms with Gasteiger partial charge in [-0.25, -0.2) is 4.98 Å². The van der Waals surface area contributed by atoms with Gasteiger partial charge in [-0.15, -0.1) is 0 Å². The van der Waals surface area contributed by atoms with E-state index in [0.717, 1.165) is 17.8 Å². The molecule has 3 saturated heterocycles. The van der Waals surface area contributed by atoms with Gasteiger partial charge >= 0.3 is 0 Å². The lowest BCUT2D eigenvalue weighted by molar-refractivity contribution is -0.129.